The van der Waals surface area contributed by atoms with Gasteiger partial charge in [-0.1, -0.05) is 25.6 Å². The third-order valence-electron chi connectivity index (χ3n) is 2.21. The first kappa shape index (κ1) is 13.3. The van der Waals surface area contributed by atoms with E-state index in [0.29, 0.717) is 0 Å². The smallest absolute Gasteiger partial charge is 0.122 e. The minimum atomic E-state index is 0.739. The highest BCUT2D eigenvalue weighted by atomic mass is 127. The van der Waals surface area contributed by atoms with Crippen molar-refractivity contribution in [2.75, 3.05) is 6.61 Å². The number of halogens is 1. The Bertz CT molecular complexity index is 376. The molecule has 1 aromatic rings. The molecule has 0 radical (unpaired) electrons. The van der Waals surface area contributed by atoms with Gasteiger partial charge in [-0.05, 0) is 59.7 Å². The number of ether oxygens (including phenoxy) is 1. The van der Waals surface area contributed by atoms with E-state index < -0.39 is 0 Å². The summed E-state index contributed by atoms with van der Waals surface area (Å²) in [5.41, 5.74) is 2.07. The van der Waals surface area contributed by atoms with Gasteiger partial charge in [0.15, 0.2) is 0 Å². The van der Waals surface area contributed by atoms with Crippen LogP contribution in [0.4, 0.5) is 0 Å². The quantitative estimate of drug-likeness (QED) is 0.435. The van der Waals surface area contributed by atoms with E-state index in [2.05, 4.69) is 60.4 Å². The van der Waals surface area contributed by atoms with E-state index in [1.165, 1.54) is 3.57 Å². The van der Waals surface area contributed by atoms with Crippen molar-refractivity contribution >= 4 is 28.2 Å². The van der Waals surface area contributed by atoms with Crippen LogP contribution in [0.2, 0.25) is 0 Å². The number of benzene rings is 1. The SMILES string of the molecule is C=C(/C(=C\C)OCCC)c1ccc(I)cc1. The molecule has 2 heteroatoms. The van der Waals surface area contributed by atoms with E-state index in [1.54, 1.807) is 0 Å². The summed E-state index contributed by atoms with van der Waals surface area (Å²) in [5, 5.41) is 0. The molecule has 0 saturated heterocycles. The molecule has 0 spiro atoms. The van der Waals surface area contributed by atoms with Crippen LogP contribution in [-0.2, 0) is 4.74 Å². The van der Waals surface area contributed by atoms with Gasteiger partial charge in [-0.25, -0.2) is 0 Å². The van der Waals surface area contributed by atoms with Crippen molar-refractivity contribution in [2.45, 2.75) is 20.3 Å². The molecule has 1 aromatic carbocycles. The molecule has 0 unspecified atom stereocenters. The molecule has 0 N–H and O–H groups in total. The van der Waals surface area contributed by atoms with E-state index >= 15 is 0 Å². The summed E-state index contributed by atoms with van der Waals surface area (Å²) in [7, 11) is 0. The van der Waals surface area contributed by atoms with Crippen molar-refractivity contribution in [1.29, 1.82) is 0 Å². The maximum absolute atomic E-state index is 5.65. The van der Waals surface area contributed by atoms with Crippen LogP contribution < -0.4 is 0 Å². The largest absolute Gasteiger partial charge is 0.493 e. The fraction of sp³-hybridized carbons (Fsp3) is 0.286. The Morgan fingerprint density at radius 2 is 2.00 bits per heavy atom. The second-order valence-corrected chi connectivity index (χ2v) is 4.73. The second kappa shape index (κ2) is 6.74. The van der Waals surface area contributed by atoms with Gasteiger partial charge in [-0.15, -0.1) is 0 Å². The van der Waals surface area contributed by atoms with Crippen LogP contribution in [0, 0.1) is 3.57 Å². The van der Waals surface area contributed by atoms with Crippen LogP contribution in [0.15, 0.2) is 42.7 Å². The predicted molar refractivity (Wildman–Crippen MR) is 78.2 cm³/mol. The van der Waals surface area contributed by atoms with Crippen LogP contribution in [-0.4, -0.2) is 6.61 Å². The zero-order valence-electron chi connectivity index (χ0n) is 9.79. The Hall–Kier alpha value is -0.770. The molecule has 0 bridgehead atoms. The minimum Gasteiger partial charge on any atom is -0.493 e. The molecule has 16 heavy (non-hydrogen) atoms. The normalized spacial score (nSPS) is 11.3. The van der Waals surface area contributed by atoms with Crippen LogP contribution in [0.3, 0.4) is 0 Å². The highest BCUT2D eigenvalue weighted by Gasteiger charge is 2.05. The number of hydrogen-bond donors (Lipinski definition) is 0. The van der Waals surface area contributed by atoms with E-state index in [9.17, 15) is 0 Å². The van der Waals surface area contributed by atoms with Gasteiger partial charge in [-0.3, -0.25) is 0 Å². The summed E-state index contributed by atoms with van der Waals surface area (Å²) in [5.74, 6) is 0.878. The molecule has 0 aliphatic rings. The lowest BCUT2D eigenvalue weighted by Crippen LogP contribution is -1.96. The van der Waals surface area contributed by atoms with Gasteiger partial charge in [0.1, 0.15) is 5.76 Å². The number of allylic oxidation sites excluding steroid dienone is 2. The highest BCUT2D eigenvalue weighted by Crippen LogP contribution is 2.22. The average Bonchev–Trinajstić information content (AvgIpc) is 2.30. The molecule has 0 aliphatic carbocycles. The maximum atomic E-state index is 5.65. The first-order valence-electron chi connectivity index (χ1n) is 5.43. The van der Waals surface area contributed by atoms with Crippen molar-refractivity contribution in [1.82, 2.24) is 0 Å². The van der Waals surface area contributed by atoms with Crippen LogP contribution in [0.25, 0.3) is 5.57 Å². The molecule has 0 amide bonds. The summed E-state index contributed by atoms with van der Waals surface area (Å²) in [6.45, 7) is 8.90. The number of rotatable bonds is 5. The van der Waals surface area contributed by atoms with E-state index in [1.807, 2.05) is 13.0 Å². The van der Waals surface area contributed by atoms with Gasteiger partial charge < -0.3 is 4.74 Å². The topological polar surface area (TPSA) is 9.23 Å². The molecule has 86 valence electrons. The first-order valence-corrected chi connectivity index (χ1v) is 6.51. The Morgan fingerprint density at radius 1 is 1.38 bits per heavy atom. The maximum Gasteiger partial charge on any atom is 0.122 e. The van der Waals surface area contributed by atoms with E-state index in [-0.39, 0.29) is 0 Å². The second-order valence-electron chi connectivity index (χ2n) is 3.49. The minimum absolute atomic E-state index is 0.739. The van der Waals surface area contributed by atoms with Gasteiger partial charge >= 0.3 is 0 Å². The fourth-order valence-corrected chi connectivity index (χ4v) is 1.71. The molecule has 0 aromatic heterocycles. The Kier molecular flexibility index (Phi) is 5.60. The van der Waals surface area contributed by atoms with E-state index in [0.717, 1.165) is 29.9 Å². The first-order chi connectivity index (χ1) is 7.69. The lowest BCUT2D eigenvalue weighted by molar-refractivity contribution is 0.228. The summed E-state index contributed by atoms with van der Waals surface area (Å²) in [6, 6.07) is 8.30. The van der Waals surface area contributed by atoms with Gasteiger partial charge in [0.2, 0.25) is 0 Å². The van der Waals surface area contributed by atoms with Crippen LogP contribution in [0.5, 0.6) is 0 Å². The Morgan fingerprint density at radius 3 is 2.50 bits per heavy atom. The van der Waals surface area contributed by atoms with Gasteiger partial charge in [0, 0.05) is 9.14 Å². The number of hydrogen-bond acceptors (Lipinski definition) is 1. The molecule has 0 atom stereocenters. The summed E-state index contributed by atoms with van der Waals surface area (Å²) in [6.07, 6.45) is 2.98. The fourth-order valence-electron chi connectivity index (χ4n) is 1.35. The lowest BCUT2D eigenvalue weighted by Gasteiger charge is -2.12. The molecular formula is C14H17IO. The third kappa shape index (κ3) is 3.67. The van der Waals surface area contributed by atoms with Crippen molar-refractivity contribution < 1.29 is 4.74 Å². The monoisotopic (exact) mass is 328 g/mol. The molecular weight excluding hydrogens is 311 g/mol. The molecule has 0 fully saturated rings. The average molecular weight is 328 g/mol. The van der Waals surface area contributed by atoms with Crippen molar-refractivity contribution in [3.05, 3.63) is 51.8 Å². The highest BCUT2D eigenvalue weighted by molar-refractivity contribution is 14.1. The van der Waals surface area contributed by atoms with Crippen molar-refractivity contribution in [2.24, 2.45) is 0 Å². The summed E-state index contributed by atoms with van der Waals surface area (Å²) < 4.78 is 6.87. The predicted octanol–water partition coefficient (Wildman–Crippen LogP) is 4.63. The van der Waals surface area contributed by atoms with E-state index in [4.69, 9.17) is 4.74 Å². The Labute approximate surface area is 111 Å². The zero-order chi connectivity index (χ0) is 12.0. The lowest BCUT2D eigenvalue weighted by atomic mass is 10.1. The molecule has 0 heterocycles. The standard InChI is InChI=1S/C14H17IO/c1-4-10-16-14(5-2)11(3)12-6-8-13(15)9-7-12/h5-9H,3-4,10H2,1-2H3/b14-5+. The summed E-state index contributed by atoms with van der Waals surface area (Å²) in [4.78, 5) is 0. The molecule has 0 aliphatic heterocycles. The van der Waals surface area contributed by atoms with Crippen LogP contribution >= 0.6 is 22.6 Å². The Balaban J connectivity index is 2.79. The van der Waals surface area contributed by atoms with Gasteiger partial charge in [0.05, 0.1) is 6.61 Å². The van der Waals surface area contributed by atoms with Crippen molar-refractivity contribution in [3.63, 3.8) is 0 Å². The van der Waals surface area contributed by atoms with Crippen LogP contribution in [0.1, 0.15) is 25.8 Å². The van der Waals surface area contributed by atoms with Crippen molar-refractivity contribution in [3.8, 4) is 0 Å². The molecule has 1 rings (SSSR count). The van der Waals surface area contributed by atoms with Gasteiger partial charge in [-0.2, -0.15) is 0 Å². The molecule has 0 saturated carbocycles. The third-order valence-corrected chi connectivity index (χ3v) is 2.93. The summed E-state index contributed by atoms with van der Waals surface area (Å²) >= 11 is 2.29. The molecule has 1 nitrogen and oxygen atoms in total. The van der Waals surface area contributed by atoms with Gasteiger partial charge in [0.25, 0.3) is 0 Å². The zero-order valence-corrected chi connectivity index (χ0v) is 12.0.